The van der Waals surface area contributed by atoms with Gasteiger partial charge < -0.3 is 20.1 Å². The van der Waals surface area contributed by atoms with Crippen molar-refractivity contribution in [3.63, 3.8) is 0 Å². The van der Waals surface area contributed by atoms with E-state index in [9.17, 15) is 14.4 Å². The fourth-order valence-corrected chi connectivity index (χ4v) is 7.08. The number of carbonyl (C=O) groups is 2. The van der Waals surface area contributed by atoms with Gasteiger partial charge in [0.05, 0.1) is 21.3 Å². The van der Waals surface area contributed by atoms with Crippen LogP contribution in [0, 0.1) is 0 Å². The van der Waals surface area contributed by atoms with Crippen LogP contribution in [-0.2, 0) is 24.7 Å². The first-order chi connectivity index (χ1) is 20.7. The molecule has 3 heterocycles. The molecular formula is C32H33ClN6O3S. The highest BCUT2D eigenvalue weighted by molar-refractivity contribution is 7.14. The van der Waals surface area contributed by atoms with Gasteiger partial charge >= 0.3 is 0 Å². The van der Waals surface area contributed by atoms with Crippen molar-refractivity contribution in [1.29, 1.82) is 0 Å². The van der Waals surface area contributed by atoms with Crippen molar-refractivity contribution in [1.82, 2.24) is 19.4 Å². The van der Waals surface area contributed by atoms with E-state index in [1.54, 1.807) is 41.6 Å². The predicted molar refractivity (Wildman–Crippen MR) is 172 cm³/mol. The number of aromatic nitrogens is 2. The highest BCUT2D eigenvalue weighted by Gasteiger charge is 2.32. The molecule has 0 saturated carbocycles. The maximum absolute atomic E-state index is 13.1. The minimum absolute atomic E-state index is 0.0579. The SMILES string of the molecule is CN1CCN(C)C(c2ccc(Nc3nc(-c4cccc(NC(=O)c5cc6c(s5)CCCC6)c4Cl)cn(C)c3=O)cc2)C1=O. The zero-order chi connectivity index (χ0) is 30.2. The van der Waals surface area contributed by atoms with Crippen LogP contribution in [0.25, 0.3) is 11.3 Å². The van der Waals surface area contributed by atoms with Gasteiger partial charge in [-0.15, -0.1) is 11.3 Å². The van der Waals surface area contributed by atoms with E-state index in [-0.39, 0.29) is 29.2 Å². The maximum atomic E-state index is 13.1. The third kappa shape index (κ3) is 5.82. The summed E-state index contributed by atoms with van der Waals surface area (Å²) in [4.78, 5) is 49.3. The van der Waals surface area contributed by atoms with Crippen LogP contribution in [0.1, 0.15) is 44.6 Å². The Balaban J connectivity index is 1.24. The van der Waals surface area contributed by atoms with Crippen molar-refractivity contribution in [2.75, 3.05) is 37.8 Å². The average Bonchev–Trinajstić information content (AvgIpc) is 3.44. The number of rotatable bonds is 6. The molecule has 2 aromatic heterocycles. The molecule has 0 radical (unpaired) electrons. The summed E-state index contributed by atoms with van der Waals surface area (Å²) in [5.74, 6) is 0.000887. The molecule has 2 N–H and O–H groups in total. The number of fused-ring (bicyclic) bond motifs is 1. The summed E-state index contributed by atoms with van der Waals surface area (Å²) in [6.45, 7) is 1.50. The lowest BCUT2D eigenvalue weighted by Gasteiger charge is -2.37. The quantitative estimate of drug-likeness (QED) is 0.298. The van der Waals surface area contributed by atoms with E-state index in [4.69, 9.17) is 11.6 Å². The molecule has 9 nitrogen and oxygen atoms in total. The van der Waals surface area contributed by atoms with Crippen molar-refractivity contribution in [2.24, 2.45) is 7.05 Å². The van der Waals surface area contributed by atoms with E-state index in [0.717, 1.165) is 37.8 Å². The summed E-state index contributed by atoms with van der Waals surface area (Å²) >= 11 is 8.36. The number of piperazine rings is 1. The molecule has 0 spiro atoms. The molecular weight excluding hydrogens is 584 g/mol. The first-order valence-electron chi connectivity index (χ1n) is 14.3. The van der Waals surface area contributed by atoms with Gasteiger partial charge in [-0.25, -0.2) is 4.98 Å². The number of nitrogens with zero attached hydrogens (tertiary/aromatic N) is 4. The molecule has 6 rings (SSSR count). The van der Waals surface area contributed by atoms with Crippen molar-refractivity contribution in [2.45, 2.75) is 31.7 Å². The van der Waals surface area contributed by atoms with E-state index in [1.165, 1.54) is 15.0 Å². The molecule has 1 unspecified atom stereocenters. The Morgan fingerprint density at radius 3 is 2.56 bits per heavy atom. The van der Waals surface area contributed by atoms with Crippen LogP contribution >= 0.6 is 22.9 Å². The van der Waals surface area contributed by atoms with Gasteiger partial charge in [0, 0.05) is 49.5 Å². The normalized spacial score (nSPS) is 17.1. The highest BCUT2D eigenvalue weighted by atomic mass is 35.5. The van der Waals surface area contributed by atoms with E-state index in [1.807, 2.05) is 55.4 Å². The Morgan fingerprint density at radius 1 is 1.02 bits per heavy atom. The molecule has 2 aromatic carbocycles. The minimum Gasteiger partial charge on any atom is -0.343 e. The molecule has 1 aliphatic carbocycles. The van der Waals surface area contributed by atoms with Crippen LogP contribution in [0.4, 0.5) is 17.2 Å². The summed E-state index contributed by atoms with van der Waals surface area (Å²) in [5, 5.41) is 6.43. The number of thiophene rings is 1. The Bertz CT molecular complexity index is 1740. The Hall–Kier alpha value is -3.99. The number of hydrogen-bond donors (Lipinski definition) is 2. The van der Waals surface area contributed by atoms with Gasteiger partial charge in [-0.05, 0) is 68.1 Å². The summed E-state index contributed by atoms with van der Waals surface area (Å²) < 4.78 is 1.45. The molecule has 11 heteroatoms. The third-order valence-electron chi connectivity index (χ3n) is 8.14. The standard InChI is InChI=1S/C32H33ClN6O3S/c1-37-15-16-38(2)31(41)28(37)19-11-13-21(14-12-19)34-29-32(42)39(3)18-24(35-29)22-8-6-9-23(27(22)33)36-30(40)26-17-20-7-4-5-10-25(20)43-26/h6,8-9,11-14,17-18,28H,4-5,7,10,15-16H2,1-3H3,(H,34,35)(H,36,40). The lowest BCUT2D eigenvalue weighted by molar-refractivity contribution is -0.139. The van der Waals surface area contributed by atoms with E-state index >= 15 is 0 Å². The first kappa shape index (κ1) is 29.1. The zero-order valence-corrected chi connectivity index (χ0v) is 25.9. The monoisotopic (exact) mass is 616 g/mol. The molecule has 1 saturated heterocycles. The molecule has 2 aliphatic rings. The van der Waals surface area contributed by atoms with Gasteiger partial charge in [-0.2, -0.15) is 0 Å². The molecule has 2 amide bonds. The molecule has 4 aromatic rings. The largest absolute Gasteiger partial charge is 0.343 e. The smallest absolute Gasteiger partial charge is 0.293 e. The van der Waals surface area contributed by atoms with Crippen molar-refractivity contribution < 1.29 is 9.59 Å². The second-order valence-electron chi connectivity index (χ2n) is 11.2. The average molecular weight is 617 g/mol. The first-order valence-corrected chi connectivity index (χ1v) is 15.5. The number of carbonyl (C=O) groups excluding carboxylic acids is 2. The molecule has 43 heavy (non-hydrogen) atoms. The third-order valence-corrected chi connectivity index (χ3v) is 9.79. The van der Waals surface area contributed by atoms with Crippen molar-refractivity contribution in [3.8, 4) is 11.3 Å². The van der Waals surface area contributed by atoms with Gasteiger partial charge in [-0.3, -0.25) is 19.3 Å². The van der Waals surface area contributed by atoms with E-state index in [0.29, 0.717) is 39.1 Å². The minimum atomic E-state index is -0.345. The van der Waals surface area contributed by atoms with Crippen molar-refractivity contribution >= 4 is 51.9 Å². The number of likely N-dealkylation sites (N-methyl/N-ethyl adjacent to an activating group) is 2. The lowest BCUT2D eigenvalue weighted by atomic mass is 9.99. The van der Waals surface area contributed by atoms with Crippen molar-refractivity contribution in [3.05, 3.63) is 91.0 Å². The fourth-order valence-electron chi connectivity index (χ4n) is 5.66. The Labute approximate surface area is 259 Å². The van der Waals surface area contributed by atoms with Gasteiger partial charge in [-0.1, -0.05) is 35.9 Å². The maximum Gasteiger partial charge on any atom is 0.293 e. The zero-order valence-electron chi connectivity index (χ0n) is 24.3. The Kier molecular flexibility index (Phi) is 8.09. The topological polar surface area (TPSA) is 99.6 Å². The summed E-state index contributed by atoms with van der Waals surface area (Å²) in [5.41, 5.74) is 4.05. The summed E-state index contributed by atoms with van der Waals surface area (Å²) in [7, 11) is 5.42. The number of halogens is 1. The molecule has 1 aliphatic heterocycles. The molecule has 1 atom stereocenters. The van der Waals surface area contributed by atoms with Gasteiger partial charge in [0.25, 0.3) is 11.5 Å². The summed E-state index contributed by atoms with van der Waals surface area (Å²) in [6, 6.07) is 14.5. The van der Waals surface area contributed by atoms with Crippen LogP contribution in [0.2, 0.25) is 5.02 Å². The Morgan fingerprint density at radius 2 is 1.79 bits per heavy atom. The fraction of sp³-hybridized carbons (Fsp3) is 0.312. The van der Waals surface area contributed by atoms with Gasteiger partial charge in [0.1, 0.15) is 6.04 Å². The number of aryl methyl sites for hydroxylation is 3. The second kappa shape index (κ2) is 11.9. The van der Waals surface area contributed by atoms with Crippen LogP contribution in [0.15, 0.2) is 59.5 Å². The lowest BCUT2D eigenvalue weighted by Crippen LogP contribution is -2.48. The molecule has 1 fully saturated rings. The number of hydrogen-bond acceptors (Lipinski definition) is 7. The van der Waals surface area contributed by atoms with E-state index < -0.39 is 0 Å². The van der Waals surface area contributed by atoms with Crippen LogP contribution < -0.4 is 16.2 Å². The number of amides is 2. The molecule has 222 valence electrons. The number of nitrogens with one attached hydrogen (secondary N) is 2. The van der Waals surface area contributed by atoms with E-state index in [2.05, 4.69) is 15.6 Å². The molecule has 0 bridgehead atoms. The van der Waals surface area contributed by atoms with Crippen LogP contribution in [0.3, 0.4) is 0 Å². The predicted octanol–water partition coefficient (Wildman–Crippen LogP) is 5.48. The number of anilines is 3. The van der Waals surface area contributed by atoms with Gasteiger partial charge in [0.2, 0.25) is 5.91 Å². The van der Waals surface area contributed by atoms with Crippen LogP contribution in [-0.4, -0.2) is 58.4 Å². The van der Waals surface area contributed by atoms with Crippen LogP contribution in [0.5, 0.6) is 0 Å². The summed E-state index contributed by atoms with van der Waals surface area (Å²) in [6.07, 6.45) is 5.98. The number of benzene rings is 2. The second-order valence-corrected chi connectivity index (χ2v) is 12.7. The highest BCUT2D eigenvalue weighted by Crippen LogP contribution is 2.35. The van der Waals surface area contributed by atoms with Gasteiger partial charge in [0.15, 0.2) is 5.82 Å².